The molecule has 0 heterocycles. The van der Waals surface area contributed by atoms with Gasteiger partial charge >= 0.3 is 0 Å². The third-order valence-electron chi connectivity index (χ3n) is 3.43. The molecule has 2 aromatic carbocycles. The molecule has 1 amide bonds. The molecule has 1 N–H and O–H groups in total. The number of sulfonamides is 1. The first-order valence-corrected chi connectivity index (χ1v) is 8.81. The van der Waals surface area contributed by atoms with E-state index < -0.39 is 10.0 Å². The van der Waals surface area contributed by atoms with Crippen LogP contribution in [-0.4, -0.2) is 39.3 Å². The molecule has 0 bridgehead atoms. The molecule has 0 spiro atoms. The van der Waals surface area contributed by atoms with E-state index in [1.54, 1.807) is 7.05 Å². The van der Waals surface area contributed by atoms with Crippen LogP contribution in [-0.2, 0) is 21.4 Å². The number of likely N-dealkylation sites (N-methyl/N-ethyl adjacent to an activating group) is 1. The van der Waals surface area contributed by atoms with Crippen molar-refractivity contribution in [2.24, 2.45) is 0 Å². The van der Waals surface area contributed by atoms with Crippen molar-refractivity contribution in [2.45, 2.75) is 11.4 Å². The zero-order valence-electron chi connectivity index (χ0n) is 13.6. The maximum absolute atomic E-state index is 12.6. The second-order valence-corrected chi connectivity index (χ2v) is 7.22. The number of rotatable bonds is 7. The lowest BCUT2D eigenvalue weighted by Gasteiger charge is -2.17. The highest BCUT2D eigenvalue weighted by atomic mass is 32.2. The Morgan fingerprint density at radius 2 is 1.71 bits per heavy atom. The highest BCUT2D eigenvalue weighted by Gasteiger charge is 2.20. The average molecular weight is 348 g/mol. The zero-order valence-corrected chi connectivity index (χ0v) is 14.4. The van der Waals surface area contributed by atoms with E-state index in [0.29, 0.717) is 5.75 Å². The molecule has 128 valence electrons. The number of hydrogen-bond acceptors (Lipinski definition) is 4. The molecule has 0 aromatic heterocycles. The lowest BCUT2D eigenvalue weighted by atomic mass is 10.2. The van der Waals surface area contributed by atoms with Crippen molar-refractivity contribution < 1.29 is 17.9 Å². The van der Waals surface area contributed by atoms with Crippen molar-refractivity contribution in [3.05, 3.63) is 60.2 Å². The Hall–Kier alpha value is -2.38. The van der Waals surface area contributed by atoms with Crippen LogP contribution in [0, 0.1) is 0 Å². The quantitative estimate of drug-likeness (QED) is 0.825. The predicted octanol–water partition coefficient (Wildman–Crippen LogP) is 1.63. The topological polar surface area (TPSA) is 75.7 Å². The second-order valence-electron chi connectivity index (χ2n) is 5.18. The minimum atomic E-state index is -3.59. The van der Waals surface area contributed by atoms with E-state index in [2.05, 4.69) is 5.32 Å². The van der Waals surface area contributed by atoms with Crippen LogP contribution < -0.4 is 10.1 Å². The normalized spacial score (nSPS) is 11.3. The van der Waals surface area contributed by atoms with Crippen LogP contribution in [0.5, 0.6) is 5.75 Å². The van der Waals surface area contributed by atoms with Gasteiger partial charge < -0.3 is 10.1 Å². The second kappa shape index (κ2) is 7.94. The van der Waals surface area contributed by atoms with Crippen LogP contribution in [0.3, 0.4) is 0 Å². The maximum Gasteiger partial charge on any atom is 0.257 e. The van der Waals surface area contributed by atoms with Crippen molar-refractivity contribution in [3.63, 3.8) is 0 Å². The first-order valence-electron chi connectivity index (χ1n) is 7.37. The van der Waals surface area contributed by atoms with E-state index in [1.165, 1.54) is 35.6 Å². The molecule has 7 heteroatoms. The minimum Gasteiger partial charge on any atom is -0.484 e. The van der Waals surface area contributed by atoms with Crippen LogP contribution in [0.25, 0.3) is 0 Å². The Morgan fingerprint density at radius 3 is 2.29 bits per heavy atom. The number of nitrogens with zero attached hydrogens (tertiary/aromatic N) is 1. The van der Waals surface area contributed by atoms with Gasteiger partial charge in [0.1, 0.15) is 5.75 Å². The van der Waals surface area contributed by atoms with Crippen LogP contribution in [0.15, 0.2) is 59.5 Å². The Balaban J connectivity index is 2.07. The summed E-state index contributed by atoms with van der Waals surface area (Å²) in [6.07, 6.45) is 0. The van der Waals surface area contributed by atoms with E-state index in [9.17, 15) is 13.2 Å². The maximum atomic E-state index is 12.6. The summed E-state index contributed by atoms with van der Waals surface area (Å²) in [4.78, 5) is 11.3. The van der Waals surface area contributed by atoms with Crippen molar-refractivity contribution in [3.8, 4) is 5.75 Å². The fourth-order valence-electron chi connectivity index (χ4n) is 2.03. The number of ether oxygens (including phenoxy) is 1. The van der Waals surface area contributed by atoms with Gasteiger partial charge in [0, 0.05) is 20.6 Å². The largest absolute Gasteiger partial charge is 0.484 e. The minimum absolute atomic E-state index is 0.115. The van der Waals surface area contributed by atoms with Gasteiger partial charge in [-0.05, 0) is 29.8 Å². The number of carbonyl (C=O) groups excluding carboxylic acids is 1. The molecule has 0 aliphatic carbocycles. The van der Waals surface area contributed by atoms with Gasteiger partial charge in [-0.3, -0.25) is 4.79 Å². The number of benzene rings is 2. The smallest absolute Gasteiger partial charge is 0.257 e. The molecule has 0 unspecified atom stereocenters. The van der Waals surface area contributed by atoms with E-state index in [-0.39, 0.29) is 24.0 Å². The summed E-state index contributed by atoms with van der Waals surface area (Å²) >= 11 is 0. The number of hydrogen-bond donors (Lipinski definition) is 1. The van der Waals surface area contributed by atoms with Crippen molar-refractivity contribution in [2.75, 3.05) is 20.7 Å². The van der Waals surface area contributed by atoms with Gasteiger partial charge in [-0.15, -0.1) is 0 Å². The molecule has 6 nitrogen and oxygen atoms in total. The van der Waals surface area contributed by atoms with Gasteiger partial charge in [-0.25, -0.2) is 8.42 Å². The molecule has 0 atom stereocenters. The fraction of sp³-hybridized carbons (Fsp3) is 0.235. The summed E-state index contributed by atoms with van der Waals surface area (Å²) < 4.78 is 31.7. The summed E-state index contributed by atoms with van der Waals surface area (Å²) in [6, 6.07) is 15.4. The van der Waals surface area contributed by atoms with Crippen LogP contribution >= 0.6 is 0 Å². The van der Waals surface area contributed by atoms with Gasteiger partial charge in [0.05, 0.1) is 4.90 Å². The third-order valence-corrected chi connectivity index (χ3v) is 5.25. The Labute approximate surface area is 142 Å². The Bertz CT molecular complexity index is 774. The summed E-state index contributed by atoms with van der Waals surface area (Å²) in [5.74, 6) is 0.178. The zero-order chi connectivity index (χ0) is 17.6. The summed E-state index contributed by atoms with van der Waals surface area (Å²) in [5.41, 5.74) is 0.911. The molecule has 0 saturated heterocycles. The van der Waals surface area contributed by atoms with Crippen LogP contribution in [0.2, 0.25) is 0 Å². The molecule has 2 aromatic rings. The Morgan fingerprint density at radius 1 is 1.08 bits per heavy atom. The average Bonchev–Trinajstić information content (AvgIpc) is 2.60. The molecule has 0 saturated carbocycles. The van der Waals surface area contributed by atoms with E-state index in [0.717, 1.165) is 5.56 Å². The van der Waals surface area contributed by atoms with Gasteiger partial charge in [-0.2, -0.15) is 4.31 Å². The lowest BCUT2D eigenvalue weighted by Crippen LogP contribution is -2.26. The lowest BCUT2D eigenvalue weighted by molar-refractivity contribution is -0.122. The van der Waals surface area contributed by atoms with Gasteiger partial charge in [0.2, 0.25) is 10.0 Å². The molecular weight excluding hydrogens is 328 g/mol. The number of carbonyl (C=O) groups is 1. The first kappa shape index (κ1) is 18.0. The van der Waals surface area contributed by atoms with Crippen molar-refractivity contribution >= 4 is 15.9 Å². The molecule has 0 fully saturated rings. The number of amides is 1. The first-order chi connectivity index (χ1) is 11.4. The monoisotopic (exact) mass is 348 g/mol. The molecule has 2 rings (SSSR count). The third kappa shape index (κ3) is 4.56. The van der Waals surface area contributed by atoms with E-state index in [4.69, 9.17) is 4.74 Å². The molecular formula is C17H20N2O4S. The standard InChI is InChI=1S/C17H20N2O4S/c1-18-17(20)13-23-15-8-10-16(11-9-15)24(21,22)19(2)12-14-6-4-3-5-7-14/h3-11H,12-13H2,1-2H3,(H,18,20). The molecule has 0 aliphatic heterocycles. The summed E-state index contributed by atoms with van der Waals surface area (Å²) in [6.45, 7) is 0.175. The Kier molecular flexibility index (Phi) is 5.94. The highest BCUT2D eigenvalue weighted by Crippen LogP contribution is 2.20. The van der Waals surface area contributed by atoms with Gasteiger partial charge in [0.15, 0.2) is 6.61 Å². The number of nitrogens with one attached hydrogen (secondary N) is 1. The van der Waals surface area contributed by atoms with E-state index in [1.807, 2.05) is 30.3 Å². The molecule has 0 radical (unpaired) electrons. The van der Waals surface area contributed by atoms with Crippen LogP contribution in [0.1, 0.15) is 5.56 Å². The molecule has 0 aliphatic rings. The van der Waals surface area contributed by atoms with Crippen molar-refractivity contribution in [1.29, 1.82) is 0 Å². The van der Waals surface area contributed by atoms with E-state index >= 15 is 0 Å². The highest BCUT2D eigenvalue weighted by molar-refractivity contribution is 7.89. The summed E-state index contributed by atoms with van der Waals surface area (Å²) in [5, 5.41) is 2.44. The predicted molar refractivity (Wildman–Crippen MR) is 91.1 cm³/mol. The molecule has 24 heavy (non-hydrogen) atoms. The van der Waals surface area contributed by atoms with Gasteiger partial charge in [0.25, 0.3) is 5.91 Å². The van der Waals surface area contributed by atoms with Crippen molar-refractivity contribution in [1.82, 2.24) is 9.62 Å². The summed E-state index contributed by atoms with van der Waals surface area (Å²) in [7, 11) is -0.534. The van der Waals surface area contributed by atoms with Crippen LogP contribution in [0.4, 0.5) is 0 Å². The SMILES string of the molecule is CNC(=O)COc1ccc(S(=O)(=O)N(C)Cc2ccccc2)cc1. The van der Waals surface area contributed by atoms with Gasteiger partial charge in [-0.1, -0.05) is 30.3 Å². The fourth-order valence-corrected chi connectivity index (χ4v) is 3.19.